The number of anilines is 1. The number of hydrogen-bond acceptors (Lipinski definition) is 6. The third-order valence-electron chi connectivity index (χ3n) is 4.73. The zero-order chi connectivity index (χ0) is 22.1. The number of benzene rings is 3. The summed E-state index contributed by atoms with van der Waals surface area (Å²) in [6.45, 7) is 1.79. The lowest BCUT2D eigenvalue weighted by Gasteiger charge is -2.10. The maximum absolute atomic E-state index is 12.7. The van der Waals surface area contributed by atoms with Gasteiger partial charge < -0.3 is 10.3 Å². The van der Waals surface area contributed by atoms with Crippen molar-refractivity contribution >= 4 is 34.0 Å². The number of nitrogens with zero attached hydrogens (tertiary/aromatic N) is 3. The molecule has 0 fully saturated rings. The molecule has 4 rings (SSSR count). The van der Waals surface area contributed by atoms with E-state index < -0.39 is 27.1 Å². The normalized spacial score (nSPS) is 10.7. The summed E-state index contributed by atoms with van der Waals surface area (Å²) in [5.41, 5.74) is 2.33. The molecule has 0 aliphatic rings. The Morgan fingerprint density at radius 2 is 1.65 bits per heavy atom. The van der Waals surface area contributed by atoms with E-state index >= 15 is 0 Å². The van der Waals surface area contributed by atoms with E-state index in [0.717, 1.165) is 40.4 Å². The molecule has 1 amide bonds. The van der Waals surface area contributed by atoms with E-state index in [2.05, 4.69) is 15.3 Å². The Hall–Kier alpha value is -4.60. The van der Waals surface area contributed by atoms with Crippen LogP contribution in [0.1, 0.15) is 15.9 Å². The van der Waals surface area contributed by atoms with Gasteiger partial charge in [0.05, 0.1) is 32.5 Å². The summed E-state index contributed by atoms with van der Waals surface area (Å²) < 4.78 is 0. The van der Waals surface area contributed by atoms with Gasteiger partial charge in [-0.15, -0.1) is 0 Å². The van der Waals surface area contributed by atoms with Crippen LogP contribution in [-0.4, -0.2) is 25.7 Å². The van der Waals surface area contributed by atoms with Crippen molar-refractivity contribution in [3.63, 3.8) is 0 Å². The van der Waals surface area contributed by atoms with Crippen LogP contribution in [0.5, 0.6) is 0 Å². The van der Waals surface area contributed by atoms with Gasteiger partial charge in [-0.05, 0) is 30.7 Å². The van der Waals surface area contributed by atoms with Crippen molar-refractivity contribution < 1.29 is 14.6 Å². The highest BCUT2D eigenvalue weighted by atomic mass is 16.6. The number of H-pyrrole nitrogens is 1. The Kier molecular flexibility index (Phi) is 4.88. The topological polar surface area (TPSA) is 144 Å². The van der Waals surface area contributed by atoms with Crippen LogP contribution in [-0.2, 0) is 0 Å². The number of rotatable bonds is 5. The minimum absolute atomic E-state index is 0.186. The molecule has 31 heavy (non-hydrogen) atoms. The van der Waals surface area contributed by atoms with E-state index in [0.29, 0.717) is 11.5 Å². The van der Waals surface area contributed by atoms with Crippen molar-refractivity contribution in [1.82, 2.24) is 9.97 Å². The fourth-order valence-corrected chi connectivity index (χ4v) is 3.13. The Morgan fingerprint density at radius 1 is 0.968 bits per heavy atom. The lowest BCUT2D eigenvalue weighted by atomic mass is 10.1. The van der Waals surface area contributed by atoms with E-state index in [1.54, 1.807) is 19.1 Å². The van der Waals surface area contributed by atoms with Crippen LogP contribution in [0.25, 0.3) is 22.4 Å². The molecule has 0 atom stereocenters. The van der Waals surface area contributed by atoms with Gasteiger partial charge in [-0.2, -0.15) is 0 Å². The van der Waals surface area contributed by atoms with Crippen molar-refractivity contribution in [1.29, 1.82) is 0 Å². The number of para-hydroxylation sites is 2. The number of non-ortho nitro benzene ring substituents is 2. The van der Waals surface area contributed by atoms with Crippen LogP contribution < -0.4 is 5.32 Å². The molecule has 10 heteroatoms. The first-order chi connectivity index (χ1) is 14.8. The highest BCUT2D eigenvalue weighted by Gasteiger charge is 2.20. The summed E-state index contributed by atoms with van der Waals surface area (Å²) >= 11 is 0. The number of aromatic nitrogens is 2. The van der Waals surface area contributed by atoms with E-state index in [1.807, 2.05) is 30.3 Å². The summed E-state index contributed by atoms with van der Waals surface area (Å²) in [6.07, 6.45) is 0. The van der Waals surface area contributed by atoms with Crippen molar-refractivity contribution in [2.75, 3.05) is 5.32 Å². The summed E-state index contributed by atoms with van der Waals surface area (Å²) in [5, 5.41) is 24.8. The molecule has 3 aromatic carbocycles. The fraction of sp³-hybridized carbons (Fsp3) is 0.0476. The predicted molar refractivity (Wildman–Crippen MR) is 114 cm³/mol. The lowest BCUT2D eigenvalue weighted by Crippen LogP contribution is -2.13. The first-order valence-electron chi connectivity index (χ1n) is 9.13. The monoisotopic (exact) mass is 417 g/mol. The first kappa shape index (κ1) is 19.7. The number of aryl methyl sites for hydroxylation is 1. The summed E-state index contributed by atoms with van der Waals surface area (Å²) in [7, 11) is 0. The van der Waals surface area contributed by atoms with Gasteiger partial charge >= 0.3 is 0 Å². The van der Waals surface area contributed by atoms with Crippen LogP contribution in [0.4, 0.5) is 17.1 Å². The highest BCUT2D eigenvalue weighted by Crippen LogP contribution is 2.27. The zero-order valence-corrected chi connectivity index (χ0v) is 16.2. The Morgan fingerprint density at radius 3 is 2.29 bits per heavy atom. The number of imidazole rings is 1. The molecule has 4 aromatic rings. The minimum Gasteiger partial charge on any atom is -0.338 e. The number of carbonyl (C=O) groups excluding carboxylic acids is 1. The maximum atomic E-state index is 12.7. The minimum atomic E-state index is -0.781. The third-order valence-corrected chi connectivity index (χ3v) is 4.73. The molecule has 1 aromatic heterocycles. The molecular formula is C21H15N5O5. The van der Waals surface area contributed by atoms with Gasteiger partial charge in [0, 0.05) is 23.4 Å². The molecule has 1 heterocycles. The van der Waals surface area contributed by atoms with Crippen molar-refractivity contribution in [2.24, 2.45) is 0 Å². The van der Waals surface area contributed by atoms with E-state index in [1.165, 1.54) is 0 Å². The number of nitrogens with one attached hydrogen (secondary N) is 2. The van der Waals surface area contributed by atoms with Gasteiger partial charge in [0.25, 0.3) is 17.3 Å². The Labute approximate surface area is 174 Å². The van der Waals surface area contributed by atoms with Crippen LogP contribution in [0.3, 0.4) is 0 Å². The van der Waals surface area contributed by atoms with Crippen LogP contribution in [0.2, 0.25) is 0 Å². The zero-order valence-electron chi connectivity index (χ0n) is 16.2. The molecule has 0 radical (unpaired) electrons. The molecule has 0 unspecified atom stereocenters. The van der Waals surface area contributed by atoms with Gasteiger partial charge in [-0.3, -0.25) is 25.0 Å². The van der Waals surface area contributed by atoms with Crippen molar-refractivity contribution in [3.05, 3.63) is 92.0 Å². The number of carbonyl (C=O) groups is 1. The Balaban J connectivity index is 1.68. The molecule has 10 nitrogen and oxygen atoms in total. The van der Waals surface area contributed by atoms with Crippen molar-refractivity contribution in [2.45, 2.75) is 6.92 Å². The summed E-state index contributed by atoms with van der Waals surface area (Å²) in [4.78, 5) is 41.1. The molecular weight excluding hydrogens is 402 g/mol. The van der Waals surface area contributed by atoms with Gasteiger partial charge in [0.15, 0.2) is 0 Å². The smallest absolute Gasteiger partial charge is 0.277 e. The second kappa shape index (κ2) is 7.67. The average molecular weight is 417 g/mol. The van der Waals surface area contributed by atoms with Gasteiger partial charge in [-0.1, -0.05) is 24.3 Å². The quantitative estimate of drug-likeness (QED) is 0.358. The largest absolute Gasteiger partial charge is 0.338 e. The molecule has 0 spiro atoms. The SMILES string of the molecule is Cc1ccc(-c2nc3ccccc3[nH]2)cc1NC(=O)c1cc([N+](=O)[O-])cc([N+](=O)[O-])c1. The van der Waals surface area contributed by atoms with Crippen LogP contribution >= 0.6 is 0 Å². The molecule has 0 saturated heterocycles. The summed E-state index contributed by atoms with van der Waals surface area (Å²) in [5.74, 6) is -0.0839. The third kappa shape index (κ3) is 3.94. The van der Waals surface area contributed by atoms with Gasteiger partial charge in [0.2, 0.25) is 0 Å². The van der Waals surface area contributed by atoms with Crippen LogP contribution in [0.15, 0.2) is 60.7 Å². The molecule has 154 valence electrons. The van der Waals surface area contributed by atoms with Crippen molar-refractivity contribution in [3.8, 4) is 11.4 Å². The number of aromatic amines is 1. The second-order valence-electron chi connectivity index (χ2n) is 6.84. The van der Waals surface area contributed by atoms with Gasteiger partial charge in [0.1, 0.15) is 5.82 Å². The number of amides is 1. The molecule has 0 saturated carbocycles. The second-order valence-corrected chi connectivity index (χ2v) is 6.84. The van der Waals surface area contributed by atoms with E-state index in [9.17, 15) is 25.0 Å². The number of nitro groups is 2. The van der Waals surface area contributed by atoms with Gasteiger partial charge in [-0.25, -0.2) is 4.98 Å². The van der Waals surface area contributed by atoms with E-state index in [-0.39, 0.29) is 5.56 Å². The molecule has 0 aliphatic carbocycles. The number of nitro benzene ring substituents is 2. The Bertz CT molecular complexity index is 1300. The van der Waals surface area contributed by atoms with E-state index in [4.69, 9.17) is 0 Å². The lowest BCUT2D eigenvalue weighted by molar-refractivity contribution is -0.394. The predicted octanol–water partition coefficient (Wildman–Crippen LogP) is 4.61. The number of hydrogen-bond donors (Lipinski definition) is 2. The fourth-order valence-electron chi connectivity index (χ4n) is 3.13. The summed E-state index contributed by atoms with van der Waals surface area (Å²) in [6, 6.07) is 15.7. The maximum Gasteiger partial charge on any atom is 0.277 e. The van der Waals surface area contributed by atoms with Crippen LogP contribution in [0, 0.1) is 27.2 Å². The average Bonchev–Trinajstić information content (AvgIpc) is 3.19. The molecule has 2 N–H and O–H groups in total. The standard InChI is InChI=1S/C21H15N5O5/c1-12-6-7-13(20-22-17-4-2-3-5-18(17)23-20)10-19(12)24-21(27)14-8-15(25(28)29)11-16(9-14)26(30)31/h2-11H,1H3,(H,22,23)(H,24,27). The molecule has 0 bridgehead atoms. The first-order valence-corrected chi connectivity index (χ1v) is 9.13. The number of fused-ring (bicyclic) bond motifs is 1. The molecule has 0 aliphatic heterocycles. The highest BCUT2D eigenvalue weighted by molar-refractivity contribution is 6.05.